The third kappa shape index (κ3) is 7.02. The van der Waals surface area contributed by atoms with Gasteiger partial charge < -0.3 is 18.6 Å². The van der Waals surface area contributed by atoms with Crippen LogP contribution < -0.4 is 9.47 Å². The maximum absolute atomic E-state index is 5.29. The van der Waals surface area contributed by atoms with Crippen LogP contribution in [0.3, 0.4) is 0 Å². The highest BCUT2D eigenvalue weighted by Crippen LogP contribution is 2.39. The van der Waals surface area contributed by atoms with Crippen LogP contribution in [0.5, 0.6) is 11.5 Å². The number of ether oxygens (including phenoxy) is 2. The van der Waals surface area contributed by atoms with Crippen molar-refractivity contribution in [2.24, 2.45) is 0 Å². The van der Waals surface area contributed by atoms with Gasteiger partial charge in [-0.2, -0.15) is 0 Å². The highest BCUT2D eigenvalue weighted by Gasteiger charge is 2.21. The van der Waals surface area contributed by atoms with Gasteiger partial charge in [-0.15, -0.1) is 0 Å². The molecule has 0 N–H and O–H groups in total. The molecule has 0 atom stereocenters. The molecule has 0 aliphatic carbocycles. The van der Waals surface area contributed by atoms with Crippen molar-refractivity contribution in [1.82, 2.24) is 9.13 Å². The number of nitrogens with zero attached hydrogens (tertiary/aromatic N) is 2. The first-order chi connectivity index (χ1) is 26.4. The SMILES string of the molecule is COc1ccc(C#Cc2ccc(-c3cc4c(cc(-c5ccc(C#Cc6ccc(OC)cc6)cc5)n4-c4ccc(C)cc4)n3-c3ccc(C)cc3)cc2)cc1. The van der Waals surface area contributed by atoms with Gasteiger partial charge in [0.05, 0.1) is 36.6 Å². The van der Waals surface area contributed by atoms with E-state index in [2.05, 4.69) is 156 Å². The first-order valence-electron chi connectivity index (χ1n) is 17.9. The van der Waals surface area contributed by atoms with E-state index >= 15 is 0 Å². The molecule has 6 aromatic carbocycles. The fourth-order valence-corrected chi connectivity index (χ4v) is 6.61. The molecule has 0 saturated carbocycles. The van der Waals surface area contributed by atoms with Crippen molar-refractivity contribution in [2.45, 2.75) is 13.8 Å². The molecule has 54 heavy (non-hydrogen) atoms. The van der Waals surface area contributed by atoms with E-state index in [0.717, 1.165) is 78.7 Å². The van der Waals surface area contributed by atoms with Crippen LogP contribution in [0.25, 0.3) is 44.9 Å². The van der Waals surface area contributed by atoms with Crippen LogP contribution in [0.15, 0.2) is 158 Å². The van der Waals surface area contributed by atoms with Gasteiger partial charge in [-0.1, -0.05) is 83.3 Å². The van der Waals surface area contributed by atoms with E-state index in [-0.39, 0.29) is 0 Å². The Kier molecular flexibility index (Phi) is 9.34. The lowest BCUT2D eigenvalue weighted by atomic mass is 10.1. The molecule has 2 aromatic heterocycles. The maximum atomic E-state index is 5.29. The minimum absolute atomic E-state index is 0.820. The van der Waals surface area contributed by atoms with Gasteiger partial charge in [0, 0.05) is 33.6 Å². The minimum atomic E-state index is 0.820. The summed E-state index contributed by atoms with van der Waals surface area (Å²) in [5.41, 5.74) is 15.1. The molecule has 0 aliphatic heterocycles. The number of aromatic nitrogens is 2. The van der Waals surface area contributed by atoms with E-state index in [1.165, 1.54) is 11.1 Å². The topological polar surface area (TPSA) is 28.3 Å². The molecule has 2 heterocycles. The van der Waals surface area contributed by atoms with Crippen LogP contribution in [-0.4, -0.2) is 23.4 Å². The number of methoxy groups -OCH3 is 2. The fourth-order valence-electron chi connectivity index (χ4n) is 6.61. The highest BCUT2D eigenvalue weighted by atomic mass is 16.5. The maximum Gasteiger partial charge on any atom is 0.118 e. The molecule has 0 spiro atoms. The zero-order chi connectivity index (χ0) is 37.0. The van der Waals surface area contributed by atoms with Crippen molar-refractivity contribution in [2.75, 3.05) is 14.2 Å². The molecule has 0 unspecified atom stereocenters. The summed E-state index contributed by atoms with van der Waals surface area (Å²) < 4.78 is 15.3. The number of benzene rings is 6. The number of aryl methyl sites for hydroxylation is 2. The number of hydrogen-bond donors (Lipinski definition) is 0. The van der Waals surface area contributed by atoms with Crippen LogP contribution in [0.1, 0.15) is 33.4 Å². The molecular weight excluding hydrogens is 661 g/mol. The number of rotatable bonds is 6. The minimum Gasteiger partial charge on any atom is -0.497 e. The monoisotopic (exact) mass is 698 g/mol. The Morgan fingerprint density at radius 2 is 0.667 bits per heavy atom. The summed E-state index contributed by atoms with van der Waals surface area (Å²) >= 11 is 0. The van der Waals surface area contributed by atoms with Crippen LogP contribution in [0, 0.1) is 37.5 Å². The molecule has 0 fully saturated rings. The highest BCUT2D eigenvalue weighted by molar-refractivity contribution is 5.93. The van der Waals surface area contributed by atoms with Crippen molar-refractivity contribution < 1.29 is 9.47 Å². The molecule has 0 amide bonds. The Morgan fingerprint density at radius 3 is 0.963 bits per heavy atom. The summed E-state index contributed by atoms with van der Waals surface area (Å²) in [5, 5.41) is 0. The summed E-state index contributed by atoms with van der Waals surface area (Å²) in [7, 11) is 3.34. The molecule has 0 aliphatic rings. The van der Waals surface area contributed by atoms with Gasteiger partial charge in [-0.05, 0) is 134 Å². The van der Waals surface area contributed by atoms with E-state index in [0.29, 0.717) is 0 Å². The number of fused-ring (bicyclic) bond motifs is 1. The quantitative estimate of drug-likeness (QED) is 0.162. The first-order valence-corrected chi connectivity index (χ1v) is 17.9. The second kappa shape index (κ2) is 14.8. The van der Waals surface area contributed by atoms with Crippen molar-refractivity contribution in [1.29, 1.82) is 0 Å². The van der Waals surface area contributed by atoms with Gasteiger partial charge in [0.2, 0.25) is 0 Å². The van der Waals surface area contributed by atoms with E-state index in [4.69, 9.17) is 9.47 Å². The molecule has 0 saturated heterocycles. The molecule has 8 rings (SSSR count). The summed E-state index contributed by atoms with van der Waals surface area (Å²) in [5.74, 6) is 14.8. The van der Waals surface area contributed by atoms with Gasteiger partial charge in [-0.25, -0.2) is 0 Å². The Hall–Kier alpha value is -7.14. The third-order valence-electron chi connectivity index (χ3n) is 9.60. The Balaban J connectivity index is 1.22. The summed E-state index contributed by atoms with van der Waals surface area (Å²) in [6.07, 6.45) is 0. The van der Waals surface area contributed by atoms with Gasteiger partial charge in [0.1, 0.15) is 11.5 Å². The molecule has 4 heteroatoms. The molecule has 8 aromatic rings. The lowest BCUT2D eigenvalue weighted by molar-refractivity contribution is 0.414. The Bertz CT molecular complexity index is 2500. The molecule has 4 nitrogen and oxygen atoms in total. The Labute approximate surface area is 316 Å². The largest absolute Gasteiger partial charge is 0.497 e. The van der Waals surface area contributed by atoms with Crippen molar-refractivity contribution in [3.05, 3.63) is 191 Å². The normalized spacial score (nSPS) is 10.7. The Morgan fingerprint density at radius 1 is 0.370 bits per heavy atom. The molecule has 260 valence electrons. The van der Waals surface area contributed by atoms with E-state index in [9.17, 15) is 0 Å². The second-order valence-electron chi connectivity index (χ2n) is 13.3. The van der Waals surface area contributed by atoms with E-state index in [1.54, 1.807) is 14.2 Å². The van der Waals surface area contributed by atoms with Crippen molar-refractivity contribution >= 4 is 11.0 Å². The summed E-state index contributed by atoms with van der Waals surface area (Å²) in [4.78, 5) is 0. The average molecular weight is 699 g/mol. The molecule has 0 radical (unpaired) electrons. The van der Waals surface area contributed by atoms with Crippen molar-refractivity contribution in [3.63, 3.8) is 0 Å². The van der Waals surface area contributed by atoms with Gasteiger partial charge in [0.25, 0.3) is 0 Å². The van der Waals surface area contributed by atoms with Gasteiger partial charge in [0.15, 0.2) is 0 Å². The van der Waals surface area contributed by atoms with Crippen LogP contribution in [0.4, 0.5) is 0 Å². The van der Waals surface area contributed by atoms with Gasteiger partial charge >= 0.3 is 0 Å². The lowest BCUT2D eigenvalue weighted by Gasteiger charge is -2.12. The lowest BCUT2D eigenvalue weighted by Crippen LogP contribution is -1.97. The standard InChI is InChI=1S/C50H38N2O2/c1-35-5-25-43(26-6-35)51-47(41-21-13-37(14-22-41)9-11-39-17-29-45(53-3)30-18-39)33-50-49(51)34-48(52(50)44-27-7-36(2)8-28-44)42-23-15-38(16-24-42)10-12-40-19-31-46(54-4)32-20-40/h5-8,13-34H,1-4H3. The van der Waals surface area contributed by atoms with Crippen LogP contribution in [0.2, 0.25) is 0 Å². The van der Waals surface area contributed by atoms with Crippen molar-refractivity contribution in [3.8, 4) is 69.1 Å². The molecule has 0 bridgehead atoms. The van der Waals surface area contributed by atoms with Gasteiger partial charge in [-0.3, -0.25) is 0 Å². The average Bonchev–Trinajstić information content (AvgIpc) is 3.77. The van der Waals surface area contributed by atoms with E-state index in [1.807, 2.05) is 48.5 Å². The van der Waals surface area contributed by atoms with E-state index < -0.39 is 0 Å². The summed E-state index contributed by atoms with van der Waals surface area (Å²) in [6, 6.07) is 54.8. The summed E-state index contributed by atoms with van der Waals surface area (Å²) in [6.45, 7) is 4.25. The first kappa shape index (κ1) is 34.0. The predicted octanol–water partition coefficient (Wildman–Crippen LogP) is 11.2. The van der Waals surface area contributed by atoms with Crippen LogP contribution in [-0.2, 0) is 0 Å². The molecular formula is C50H38N2O2. The third-order valence-corrected chi connectivity index (χ3v) is 9.60. The zero-order valence-electron chi connectivity index (χ0n) is 30.7. The zero-order valence-corrected chi connectivity index (χ0v) is 30.7. The second-order valence-corrected chi connectivity index (χ2v) is 13.3. The number of hydrogen-bond acceptors (Lipinski definition) is 2. The predicted molar refractivity (Wildman–Crippen MR) is 221 cm³/mol. The fraction of sp³-hybridized carbons (Fsp3) is 0.0800. The van der Waals surface area contributed by atoms with Crippen LogP contribution >= 0.6 is 0 Å². The smallest absolute Gasteiger partial charge is 0.118 e.